The zero-order valence-electron chi connectivity index (χ0n) is 84.0. The molecular weight excluding hydrogens is 2300 g/mol. The van der Waals surface area contributed by atoms with Crippen LogP contribution in [0.2, 0.25) is 0 Å². The van der Waals surface area contributed by atoms with Gasteiger partial charge in [0.15, 0.2) is 0 Å². The average Bonchev–Trinajstić information content (AvgIpc) is 0.769. The summed E-state index contributed by atoms with van der Waals surface area (Å²) in [6.45, 7) is 6.35. The average molecular weight is 2470 g/mol. The fourth-order valence-corrected chi connectivity index (χ4v) is 19.9. The first-order chi connectivity index (χ1) is 66.3. The van der Waals surface area contributed by atoms with Gasteiger partial charge in [0.25, 0.3) is 0 Å². The predicted molar refractivity (Wildman–Crippen MR) is 580 cm³/mol. The third-order valence-electron chi connectivity index (χ3n) is 26.7. The van der Waals surface area contributed by atoms with Gasteiger partial charge >= 0.3 is 189 Å². The van der Waals surface area contributed by atoms with Crippen molar-refractivity contribution < 1.29 is 135 Å². The SMILES string of the molecule is CN=Cc1cc(-c2ccccc2)cc(C2CCCCCCCCCCC2)c1O.CN=Cc1cc(C)cc(C2CCCCCCCCCCC2)c1O.CN=Cc1cc(C)cc(C2CCCCCCCCCCC2)c1O.CN=Cc1cc(C)cc(C2CCCCCCCCCCC2)c1O.CN=Cc1cc(OC)cc(C2CCCCCCCCCCC2)c1O.[Cl][Zr][Cl].[Cl][Zr][Cl].[Cl][Zr][Cl].[Cl][Zr][Cl].[Cl][Zr][Cl]. The molecule has 136 heavy (non-hydrogen) atoms. The van der Waals surface area contributed by atoms with E-state index in [4.69, 9.17) is 89.9 Å². The number of halogens is 10. The Morgan fingerprint density at radius 1 is 0.235 bits per heavy atom. The van der Waals surface area contributed by atoms with Gasteiger partial charge in [-0.1, -0.05) is 337 Å². The van der Waals surface area contributed by atoms with Crippen LogP contribution < -0.4 is 4.74 Å². The summed E-state index contributed by atoms with van der Waals surface area (Å²) in [7, 11) is 59.8. The maximum absolute atomic E-state index is 11.0. The number of aromatic hydroxyl groups is 5. The number of benzene rings is 6. The molecule has 5 N–H and O–H groups in total. The third kappa shape index (κ3) is 59.7. The number of methoxy groups -OCH3 is 1. The molecule has 0 aromatic heterocycles. The number of hydrogen-bond donors (Lipinski definition) is 5. The van der Waals surface area contributed by atoms with Gasteiger partial charge in [0.05, 0.1) is 7.11 Å². The Morgan fingerprint density at radius 3 is 0.596 bits per heavy atom. The van der Waals surface area contributed by atoms with Gasteiger partial charge in [-0.2, -0.15) is 0 Å². The van der Waals surface area contributed by atoms with Crippen molar-refractivity contribution in [2.45, 2.75) is 404 Å². The molecule has 0 unspecified atom stereocenters. The molecule has 5 saturated carbocycles. The van der Waals surface area contributed by atoms with Crippen LogP contribution in [0.4, 0.5) is 0 Å². The first kappa shape index (κ1) is 132. The molecule has 5 fully saturated rings. The van der Waals surface area contributed by atoms with Gasteiger partial charge in [0, 0.05) is 99.7 Å². The van der Waals surface area contributed by atoms with Crippen LogP contribution in [0.1, 0.15) is 455 Å². The van der Waals surface area contributed by atoms with Crippen molar-refractivity contribution in [3.63, 3.8) is 0 Å². The molecule has 0 spiro atoms. The molecule has 758 valence electrons. The minimum atomic E-state index is -0.826. The fourth-order valence-electron chi connectivity index (χ4n) is 19.9. The molecule has 6 aromatic rings. The van der Waals surface area contributed by atoms with Crippen molar-refractivity contribution in [2.75, 3.05) is 42.3 Å². The molecule has 0 saturated heterocycles. The Bertz CT molecular complexity index is 3850. The van der Waals surface area contributed by atoms with Gasteiger partial charge in [0.2, 0.25) is 0 Å². The van der Waals surface area contributed by atoms with Crippen LogP contribution in [0.25, 0.3) is 11.1 Å². The quantitative estimate of drug-likeness (QED) is 0.0763. The summed E-state index contributed by atoms with van der Waals surface area (Å²) in [5, 5.41) is 53.9. The Kier molecular flexibility index (Phi) is 87.2. The molecule has 5 aliphatic carbocycles. The summed E-state index contributed by atoms with van der Waals surface area (Å²) in [5.41, 5.74) is 15.9. The normalized spacial score (nSPS) is 17.4. The van der Waals surface area contributed by atoms with E-state index in [1.54, 1.807) is 73.4 Å². The van der Waals surface area contributed by atoms with E-state index < -0.39 is 104 Å². The molecule has 0 bridgehead atoms. The van der Waals surface area contributed by atoms with E-state index in [1.807, 2.05) is 36.4 Å². The van der Waals surface area contributed by atoms with Gasteiger partial charge < -0.3 is 30.3 Å². The molecule has 0 heterocycles. The van der Waals surface area contributed by atoms with Gasteiger partial charge in [-0.25, -0.2) is 0 Å². The summed E-state index contributed by atoms with van der Waals surface area (Å²) >= 11 is -4.13. The van der Waals surface area contributed by atoms with E-state index in [-0.39, 0.29) is 0 Å². The van der Waals surface area contributed by atoms with Crippen LogP contribution in [0.15, 0.2) is 116 Å². The second-order valence-electron chi connectivity index (χ2n) is 37.0. The van der Waals surface area contributed by atoms with Gasteiger partial charge in [-0.05, 0) is 207 Å². The topological polar surface area (TPSA) is 172 Å². The Hall–Kier alpha value is -0.214. The minimum absolute atomic E-state index is 0.387. The molecule has 0 aliphatic heterocycles. The predicted octanol–water partition coefficient (Wildman–Crippen LogP) is 38.6. The zero-order chi connectivity index (χ0) is 99.8. The molecular formula is C110H167Cl10N5O6Zr5. The summed E-state index contributed by atoms with van der Waals surface area (Å²) in [5.74, 6) is 5.35. The Labute approximate surface area is 918 Å². The monoisotopic (exact) mass is 2450 g/mol. The third-order valence-corrected chi connectivity index (χ3v) is 26.7. The zero-order valence-corrected chi connectivity index (χ0v) is 104. The number of hydrogen-bond acceptors (Lipinski definition) is 11. The number of nitrogens with zero attached hydrogens (tertiary/aromatic N) is 5. The number of ether oxygens (including phenoxy) is 1. The number of rotatable bonds is 12. The fraction of sp³-hybridized carbons (Fsp3) is 0.627. The van der Waals surface area contributed by atoms with E-state index in [0.717, 1.165) is 74.2 Å². The summed E-state index contributed by atoms with van der Waals surface area (Å²) in [6.07, 6.45) is 81.5. The number of aliphatic imine (C=N–C) groups is 5. The molecule has 0 radical (unpaired) electrons. The van der Waals surface area contributed by atoms with Gasteiger partial charge in [-0.3, -0.25) is 25.0 Å². The van der Waals surface area contributed by atoms with Crippen LogP contribution in [0.5, 0.6) is 34.5 Å². The molecule has 0 amide bonds. The number of phenolic OH excluding ortho intramolecular Hbond substituents is 5. The standard InChI is InChI=1S/C26H35NO.C21H33NO2.3C21H33NO.10ClH.5Zr/c1-27-20-24-18-23(21-14-12-9-13-15-21)19-25(26(24)28)22-16-10-7-5-3-2-4-6-8-11-17-22;1-22-16-18-14-19(24-2)15-20(21(18)23)17-12-10-8-6-4-3-5-7-9-11-13-17;3*1-17-14-19(16-22-2)21(23)20(15-17)18-12-10-8-6-4-3-5-7-9-11-13-18;;;;;;;;;;;;;;;/h9,12-15,18-20,22,28H,2-8,10-11,16-17H2,1H3;14-17,23H,3-13H2,1-2H3;3*14-16,18,23H,3-13H2,1-2H3;10*1H;;;;;/q;;;;;;;;;;;;;;;5*+2/p-10. The van der Waals surface area contributed by atoms with Crippen molar-refractivity contribution in [1.29, 1.82) is 0 Å². The number of aryl methyl sites for hydroxylation is 3. The van der Waals surface area contributed by atoms with E-state index in [1.165, 1.54) is 368 Å². The molecule has 26 heteroatoms. The van der Waals surface area contributed by atoms with E-state index in [2.05, 4.69) is 100 Å². The molecule has 11 rings (SSSR count). The van der Waals surface area contributed by atoms with Crippen LogP contribution in [-0.2, 0) is 104 Å². The Balaban J connectivity index is 0.000000554. The molecule has 6 aromatic carbocycles. The molecule has 5 aliphatic rings. The summed E-state index contributed by atoms with van der Waals surface area (Å²) in [4.78, 5) is 20.5. The van der Waals surface area contributed by atoms with Crippen molar-refractivity contribution in [1.82, 2.24) is 0 Å². The number of phenols is 5. The second-order valence-corrected chi connectivity index (χ2v) is 55.6. The summed E-state index contributed by atoms with van der Waals surface area (Å²) < 4.78 is 5.45. The van der Waals surface area contributed by atoms with Crippen LogP contribution in [-0.4, -0.2) is 99.0 Å². The van der Waals surface area contributed by atoms with E-state index in [9.17, 15) is 25.5 Å². The second kappa shape index (κ2) is 89.9. The van der Waals surface area contributed by atoms with Crippen molar-refractivity contribution in [3.8, 4) is 45.6 Å². The van der Waals surface area contributed by atoms with Crippen molar-refractivity contribution in [3.05, 3.63) is 163 Å². The van der Waals surface area contributed by atoms with E-state index in [0.29, 0.717) is 58.3 Å². The maximum atomic E-state index is 11.0. The molecule has 11 nitrogen and oxygen atoms in total. The first-order valence-corrected chi connectivity index (χ1v) is 82.7. The Morgan fingerprint density at radius 2 is 0.404 bits per heavy atom. The van der Waals surface area contributed by atoms with Crippen molar-refractivity contribution in [2.24, 2.45) is 25.0 Å². The van der Waals surface area contributed by atoms with Crippen LogP contribution >= 0.6 is 85.1 Å². The van der Waals surface area contributed by atoms with Crippen LogP contribution in [0.3, 0.4) is 0 Å². The first-order valence-electron chi connectivity index (χ1n) is 51.1. The molecule has 0 atom stereocenters. The van der Waals surface area contributed by atoms with Crippen molar-refractivity contribution >= 4 is 116 Å². The van der Waals surface area contributed by atoms with Crippen LogP contribution in [0, 0.1) is 20.8 Å². The van der Waals surface area contributed by atoms with Gasteiger partial charge in [0.1, 0.15) is 34.5 Å². The van der Waals surface area contributed by atoms with Gasteiger partial charge in [-0.15, -0.1) is 0 Å². The van der Waals surface area contributed by atoms with E-state index >= 15 is 0 Å². The summed E-state index contributed by atoms with van der Waals surface area (Å²) in [6, 6.07) is 31.3.